The second-order valence-electron chi connectivity index (χ2n) is 5.46. The molecule has 0 fully saturated rings. The highest BCUT2D eigenvalue weighted by Crippen LogP contribution is 2.12. The molecule has 0 saturated heterocycles. The monoisotopic (exact) mass is 293 g/mol. The van der Waals surface area contributed by atoms with Gasteiger partial charge in [0.2, 0.25) is 5.91 Å². The summed E-state index contributed by atoms with van der Waals surface area (Å²) in [6, 6.07) is 14.1. The van der Waals surface area contributed by atoms with Gasteiger partial charge in [-0.15, -0.1) is 0 Å². The fourth-order valence-electron chi connectivity index (χ4n) is 2.53. The maximum Gasteiger partial charge on any atom is 0.224 e. The molecule has 2 aromatic carbocycles. The van der Waals surface area contributed by atoms with Crippen molar-refractivity contribution >= 4 is 16.9 Å². The quantitative estimate of drug-likeness (QED) is 0.760. The van der Waals surface area contributed by atoms with Crippen LogP contribution in [0.4, 0.5) is 0 Å². The second-order valence-corrected chi connectivity index (χ2v) is 5.46. The summed E-state index contributed by atoms with van der Waals surface area (Å²) in [6.45, 7) is 2.67. The Morgan fingerprint density at radius 1 is 1.23 bits per heavy atom. The molecule has 0 saturated carbocycles. The number of aromatic nitrogens is 2. The standard InChI is InChI=1S/C18H19N3O/c1-13-4-2-3-5-15(13)11-18(22)19-9-8-14-6-7-16-17(10-14)21-12-20-16/h2-7,10,12H,8-9,11H2,1H3,(H,19,22)(H,20,21). The summed E-state index contributed by atoms with van der Waals surface area (Å²) in [5.41, 5.74) is 5.42. The summed E-state index contributed by atoms with van der Waals surface area (Å²) in [5.74, 6) is 0.0666. The van der Waals surface area contributed by atoms with Crippen molar-refractivity contribution in [3.05, 3.63) is 65.5 Å². The zero-order chi connectivity index (χ0) is 15.4. The topological polar surface area (TPSA) is 57.8 Å². The van der Waals surface area contributed by atoms with Crippen LogP contribution in [0.3, 0.4) is 0 Å². The molecule has 0 aliphatic rings. The zero-order valence-electron chi connectivity index (χ0n) is 12.6. The number of aromatic amines is 1. The van der Waals surface area contributed by atoms with Gasteiger partial charge in [0.15, 0.2) is 0 Å². The van der Waals surface area contributed by atoms with Gasteiger partial charge in [0.25, 0.3) is 0 Å². The van der Waals surface area contributed by atoms with E-state index in [1.54, 1.807) is 6.33 Å². The third kappa shape index (κ3) is 3.34. The van der Waals surface area contributed by atoms with Gasteiger partial charge in [-0.1, -0.05) is 30.3 Å². The number of amides is 1. The number of fused-ring (bicyclic) bond motifs is 1. The number of hydrogen-bond donors (Lipinski definition) is 2. The number of aryl methyl sites for hydroxylation is 1. The van der Waals surface area contributed by atoms with Crippen molar-refractivity contribution in [2.75, 3.05) is 6.54 Å². The predicted octanol–water partition coefficient (Wildman–Crippen LogP) is 2.77. The van der Waals surface area contributed by atoms with Gasteiger partial charge in [0.1, 0.15) is 0 Å². The minimum atomic E-state index is 0.0666. The van der Waals surface area contributed by atoms with E-state index in [1.165, 1.54) is 5.56 Å². The van der Waals surface area contributed by atoms with Gasteiger partial charge < -0.3 is 10.3 Å². The van der Waals surface area contributed by atoms with Gasteiger partial charge in [-0.05, 0) is 42.2 Å². The Morgan fingerprint density at radius 3 is 2.95 bits per heavy atom. The highest BCUT2D eigenvalue weighted by atomic mass is 16.1. The molecule has 0 bridgehead atoms. The molecule has 1 aromatic heterocycles. The number of benzene rings is 2. The first-order valence-corrected chi connectivity index (χ1v) is 7.45. The van der Waals surface area contributed by atoms with E-state index < -0.39 is 0 Å². The van der Waals surface area contributed by atoms with E-state index in [2.05, 4.69) is 27.4 Å². The number of imidazole rings is 1. The van der Waals surface area contributed by atoms with Crippen LogP contribution in [0.1, 0.15) is 16.7 Å². The molecule has 1 amide bonds. The third-order valence-electron chi connectivity index (χ3n) is 3.83. The van der Waals surface area contributed by atoms with E-state index in [1.807, 2.05) is 37.3 Å². The highest BCUT2D eigenvalue weighted by molar-refractivity contribution is 5.79. The second kappa shape index (κ2) is 6.43. The van der Waals surface area contributed by atoms with Crippen LogP contribution < -0.4 is 5.32 Å². The molecule has 4 heteroatoms. The first-order valence-electron chi connectivity index (χ1n) is 7.45. The fraction of sp³-hybridized carbons (Fsp3) is 0.222. The molecule has 3 aromatic rings. The molecule has 2 N–H and O–H groups in total. The smallest absolute Gasteiger partial charge is 0.224 e. The number of nitrogens with one attached hydrogen (secondary N) is 2. The minimum Gasteiger partial charge on any atom is -0.355 e. The van der Waals surface area contributed by atoms with Crippen LogP contribution in [0.25, 0.3) is 11.0 Å². The molecular formula is C18H19N3O. The average molecular weight is 293 g/mol. The SMILES string of the molecule is Cc1ccccc1CC(=O)NCCc1ccc2nc[nH]c2c1. The third-order valence-corrected chi connectivity index (χ3v) is 3.83. The van der Waals surface area contributed by atoms with Crippen LogP contribution in [-0.2, 0) is 17.6 Å². The largest absolute Gasteiger partial charge is 0.355 e. The van der Waals surface area contributed by atoms with Crippen molar-refractivity contribution in [1.29, 1.82) is 0 Å². The molecule has 0 aliphatic heterocycles. The molecule has 4 nitrogen and oxygen atoms in total. The van der Waals surface area contributed by atoms with E-state index in [4.69, 9.17) is 0 Å². The lowest BCUT2D eigenvalue weighted by molar-refractivity contribution is -0.120. The Balaban J connectivity index is 1.52. The Hall–Kier alpha value is -2.62. The summed E-state index contributed by atoms with van der Waals surface area (Å²) in [5, 5.41) is 2.98. The van der Waals surface area contributed by atoms with Crippen molar-refractivity contribution < 1.29 is 4.79 Å². The van der Waals surface area contributed by atoms with Crippen LogP contribution in [0, 0.1) is 6.92 Å². The maximum atomic E-state index is 12.0. The minimum absolute atomic E-state index is 0.0666. The fourth-order valence-corrected chi connectivity index (χ4v) is 2.53. The number of carbonyl (C=O) groups excluding carboxylic acids is 1. The number of hydrogen-bond acceptors (Lipinski definition) is 2. The average Bonchev–Trinajstić information content (AvgIpc) is 2.97. The van der Waals surface area contributed by atoms with E-state index in [0.29, 0.717) is 13.0 Å². The van der Waals surface area contributed by atoms with Crippen LogP contribution >= 0.6 is 0 Å². The van der Waals surface area contributed by atoms with Crippen LogP contribution in [-0.4, -0.2) is 22.4 Å². The Morgan fingerprint density at radius 2 is 2.09 bits per heavy atom. The molecule has 0 radical (unpaired) electrons. The highest BCUT2D eigenvalue weighted by Gasteiger charge is 2.05. The van der Waals surface area contributed by atoms with Gasteiger partial charge in [-0.2, -0.15) is 0 Å². The van der Waals surface area contributed by atoms with Gasteiger partial charge in [-0.3, -0.25) is 4.79 Å². The molecule has 0 atom stereocenters. The van der Waals surface area contributed by atoms with E-state index in [-0.39, 0.29) is 5.91 Å². The molecular weight excluding hydrogens is 274 g/mol. The lowest BCUT2D eigenvalue weighted by Crippen LogP contribution is -2.27. The maximum absolute atomic E-state index is 12.0. The van der Waals surface area contributed by atoms with Gasteiger partial charge in [0, 0.05) is 6.54 Å². The van der Waals surface area contributed by atoms with Crippen molar-refractivity contribution in [3.8, 4) is 0 Å². The Kier molecular flexibility index (Phi) is 4.19. The summed E-state index contributed by atoms with van der Waals surface area (Å²) in [4.78, 5) is 19.3. The molecule has 1 heterocycles. The molecule has 0 unspecified atom stereocenters. The number of carbonyl (C=O) groups is 1. The molecule has 112 valence electrons. The van der Waals surface area contributed by atoms with E-state index in [9.17, 15) is 4.79 Å². The zero-order valence-corrected chi connectivity index (χ0v) is 12.6. The van der Waals surface area contributed by atoms with Crippen LogP contribution in [0.2, 0.25) is 0 Å². The van der Waals surface area contributed by atoms with Crippen LogP contribution in [0.15, 0.2) is 48.8 Å². The van der Waals surface area contributed by atoms with Gasteiger partial charge in [-0.25, -0.2) is 4.98 Å². The lowest BCUT2D eigenvalue weighted by atomic mass is 10.1. The summed E-state index contributed by atoms with van der Waals surface area (Å²) in [7, 11) is 0. The first kappa shape index (κ1) is 14.3. The first-order chi connectivity index (χ1) is 10.7. The van der Waals surface area contributed by atoms with Gasteiger partial charge >= 0.3 is 0 Å². The molecule has 22 heavy (non-hydrogen) atoms. The van der Waals surface area contributed by atoms with Crippen molar-refractivity contribution in [2.45, 2.75) is 19.8 Å². The number of nitrogens with zero attached hydrogens (tertiary/aromatic N) is 1. The summed E-state index contributed by atoms with van der Waals surface area (Å²) >= 11 is 0. The Labute approximate surface area is 129 Å². The van der Waals surface area contributed by atoms with Crippen molar-refractivity contribution in [3.63, 3.8) is 0 Å². The van der Waals surface area contributed by atoms with E-state index in [0.717, 1.165) is 28.6 Å². The predicted molar refractivity (Wildman–Crippen MR) is 87.7 cm³/mol. The van der Waals surface area contributed by atoms with Crippen molar-refractivity contribution in [2.24, 2.45) is 0 Å². The van der Waals surface area contributed by atoms with Crippen molar-refractivity contribution in [1.82, 2.24) is 15.3 Å². The normalized spacial score (nSPS) is 10.8. The number of H-pyrrole nitrogens is 1. The summed E-state index contributed by atoms with van der Waals surface area (Å²) < 4.78 is 0. The van der Waals surface area contributed by atoms with Gasteiger partial charge in [0.05, 0.1) is 23.8 Å². The number of rotatable bonds is 5. The van der Waals surface area contributed by atoms with E-state index >= 15 is 0 Å². The lowest BCUT2D eigenvalue weighted by Gasteiger charge is -2.07. The summed E-state index contributed by atoms with van der Waals surface area (Å²) in [6.07, 6.45) is 2.94. The molecule has 3 rings (SSSR count). The molecule has 0 spiro atoms. The Bertz CT molecular complexity index is 792. The molecule has 0 aliphatic carbocycles. The van der Waals surface area contributed by atoms with Crippen LogP contribution in [0.5, 0.6) is 0 Å².